The molecule has 0 bridgehead atoms. The molecule has 5 atom stereocenters. The topological polar surface area (TPSA) is 99.3 Å². The van der Waals surface area contributed by atoms with Gasteiger partial charge in [-0.25, -0.2) is 4.39 Å². The number of methoxy groups -OCH3 is 1. The number of benzene rings is 1. The van der Waals surface area contributed by atoms with Crippen LogP contribution in [-0.4, -0.2) is 73.1 Å². The highest BCUT2D eigenvalue weighted by atomic mass is 19.1. The van der Waals surface area contributed by atoms with Crippen molar-refractivity contribution in [3.63, 3.8) is 0 Å². The Morgan fingerprint density at radius 3 is 2.64 bits per heavy atom. The largest absolute Gasteiger partial charge is 0.391 e. The number of unbranched alkanes of at least 4 members (excludes halogenated alkanes) is 1. The van der Waals surface area contributed by atoms with Crippen molar-refractivity contribution in [2.24, 2.45) is 17.6 Å². The SMILES string of the molecule is COCCCC[C@@](O)(c1cccc(F)c1N1CCCCC1)C1CCCN(C(=O)[C@H]2C[C@@H](N)[C@@H](O)C2)C1. The summed E-state index contributed by atoms with van der Waals surface area (Å²) in [7, 11) is 1.67. The summed E-state index contributed by atoms with van der Waals surface area (Å²) in [4.78, 5) is 17.3. The van der Waals surface area contributed by atoms with E-state index in [1.54, 1.807) is 13.2 Å². The van der Waals surface area contributed by atoms with Crippen LogP contribution in [0.3, 0.4) is 0 Å². The van der Waals surface area contributed by atoms with Gasteiger partial charge in [0.15, 0.2) is 0 Å². The van der Waals surface area contributed by atoms with Crippen LogP contribution in [0.15, 0.2) is 18.2 Å². The lowest BCUT2D eigenvalue weighted by molar-refractivity contribution is -0.141. The number of halogens is 1. The molecule has 4 rings (SSSR count). The Morgan fingerprint density at radius 1 is 1.17 bits per heavy atom. The maximum Gasteiger partial charge on any atom is 0.225 e. The molecule has 3 aliphatic rings. The van der Waals surface area contributed by atoms with Crippen LogP contribution in [0.25, 0.3) is 0 Å². The van der Waals surface area contributed by atoms with E-state index in [2.05, 4.69) is 4.90 Å². The molecule has 2 heterocycles. The number of hydrogen-bond donors (Lipinski definition) is 3. The van der Waals surface area contributed by atoms with Crippen molar-refractivity contribution >= 4 is 11.6 Å². The fraction of sp³-hybridized carbons (Fsp3) is 0.750. The molecule has 7 nitrogen and oxygen atoms in total. The van der Waals surface area contributed by atoms with E-state index < -0.39 is 11.7 Å². The Balaban J connectivity index is 1.62. The number of aliphatic hydroxyl groups excluding tert-OH is 1. The number of anilines is 1. The first-order valence-electron chi connectivity index (χ1n) is 13.8. The highest BCUT2D eigenvalue weighted by molar-refractivity contribution is 5.79. The molecule has 0 aromatic heterocycles. The highest BCUT2D eigenvalue weighted by Crippen LogP contribution is 2.45. The van der Waals surface area contributed by atoms with Crippen LogP contribution in [0.2, 0.25) is 0 Å². The van der Waals surface area contributed by atoms with Gasteiger partial charge in [-0.05, 0) is 70.3 Å². The van der Waals surface area contributed by atoms with Gasteiger partial charge in [-0.1, -0.05) is 12.1 Å². The molecule has 1 aliphatic carbocycles. The molecule has 3 fully saturated rings. The first-order chi connectivity index (χ1) is 17.3. The van der Waals surface area contributed by atoms with Crippen molar-refractivity contribution in [3.8, 4) is 0 Å². The second-order valence-electron chi connectivity index (χ2n) is 11.1. The predicted octanol–water partition coefficient (Wildman–Crippen LogP) is 3.16. The van der Waals surface area contributed by atoms with Crippen LogP contribution in [0.5, 0.6) is 0 Å². The number of carbonyl (C=O) groups is 1. The molecule has 1 aromatic carbocycles. The van der Waals surface area contributed by atoms with Gasteiger partial charge in [-0.2, -0.15) is 0 Å². The zero-order chi connectivity index (χ0) is 25.7. The predicted molar refractivity (Wildman–Crippen MR) is 138 cm³/mol. The molecule has 8 heteroatoms. The maximum atomic E-state index is 15.4. The number of hydrogen-bond acceptors (Lipinski definition) is 6. The zero-order valence-corrected chi connectivity index (χ0v) is 21.7. The van der Waals surface area contributed by atoms with E-state index in [0.29, 0.717) is 50.2 Å². The number of ether oxygens (including phenoxy) is 1. The van der Waals surface area contributed by atoms with Gasteiger partial charge in [0.25, 0.3) is 0 Å². The molecule has 0 spiro atoms. The average Bonchev–Trinajstić information content (AvgIpc) is 3.24. The minimum absolute atomic E-state index is 0.0175. The normalized spacial score (nSPS) is 28.8. The number of amides is 1. The van der Waals surface area contributed by atoms with Crippen LogP contribution in [0.1, 0.15) is 69.8 Å². The van der Waals surface area contributed by atoms with Gasteiger partial charge in [-0.3, -0.25) is 4.79 Å². The van der Waals surface area contributed by atoms with Crippen molar-refractivity contribution < 1.29 is 24.1 Å². The van der Waals surface area contributed by atoms with Gasteiger partial charge < -0.3 is 30.5 Å². The van der Waals surface area contributed by atoms with Gasteiger partial charge in [0.2, 0.25) is 5.91 Å². The fourth-order valence-corrected chi connectivity index (χ4v) is 6.58. The van der Waals surface area contributed by atoms with Gasteiger partial charge in [-0.15, -0.1) is 0 Å². The number of carbonyl (C=O) groups excluding carboxylic acids is 1. The third kappa shape index (κ3) is 5.87. The molecule has 202 valence electrons. The molecule has 2 aliphatic heterocycles. The molecular weight excluding hydrogens is 461 g/mol. The van der Waals surface area contributed by atoms with Crippen LogP contribution < -0.4 is 10.6 Å². The van der Waals surface area contributed by atoms with Crippen molar-refractivity contribution in [2.45, 2.75) is 82.0 Å². The van der Waals surface area contributed by atoms with E-state index in [9.17, 15) is 15.0 Å². The minimum atomic E-state index is -1.26. The van der Waals surface area contributed by atoms with E-state index in [1.165, 1.54) is 6.07 Å². The Hall–Kier alpha value is -1.74. The molecule has 36 heavy (non-hydrogen) atoms. The molecule has 4 N–H and O–H groups in total. The van der Waals surface area contributed by atoms with E-state index in [1.807, 2.05) is 11.0 Å². The summed E-state index contributed by atoms with van der Waals surface area (Å²) in [6.45, 7) is 3.24. The number of rotatable bonds is 9. The van der Waals surface area contributed by atoms with Crippen LogP contribution >= 0.6 is 0 Å². The maximum absolute atomic E-state index is 15.4. The lowest BCUT2D eigenvalue weighted by Crippen LogP contribution is -2.50. The molecule has 1 unspecified atom stereocenters. The van der Waals surface area contributed by atoms with E-state index in [0.717, 1.165) is 58.0 Å². The molecule has 0 radical (unpaired) electrons. The van der Waals surface area contributed by atoms with Crippen LogP contribution in [0.4, 0.5) is 10.1 Å². The number of para-hydroxylation sites is 1. The summed E-state index contributed by atoms with van der Waals surface area (Å²) in [6.07, 6.45) is 7.01. The summed E-state index contributed by atoms with van der Waals surface area (Å²) < 4.78 is 20.6. The first-order valence-corrected chi connectivity index (χ1v) is 13.8. The van der Waals surface area contributed by atoms with Crippen molar-refractivity contribution in [3.05, 3.63) is 29.6 Å². The number of nitrogens with two attached hydrogens (primary N) is 1. The first kappa shape index (κ1) is 27.3. The monoisotopic (exact) mass is 505 g/mol. The quantitative estimate of drug-likeness (QED) is 0.446. The number of likely N-dealkylation sites (tertiary alicyclic amines) is 1. The number of aliphatic hydroxyl groups is 2. The second-order valence-corrected chi connectivity index (χ2v) is 11.1. The molecular formula is C28H44FN3O4. The average molecular weight is 506 g/mol. The lowest BCUT2D eigenvalue weighted by atomic mass is 9.73. The van der Waals surface area contributed by atoms with Gasteiger partial charge >= 0.3 is 0 Å². The van der Waals surface area contributed by atoms with Crippen LogP contribution in [-0.2, 0) is 15.1 Å². The highest BCUT2D eigenvalue weighted by Gasteiger charge is 2.45. The zero-order valence-electron chi connectivity index (χ0n) is 21.7. The van der Waals surface area contributed by atoms with E-state index >= 15 is 4.39 Å². The van der Waals surface area contributed by atoms with Crippen molar-refractivity contribution in [2.75, 3.05) is 44.8 Å². The smallest absolute Gasteiger partial charge is 0.225 e. The Kier molecular flexibility index (Phi) is 9.25. The lowest BCUT2D eigenvalue weighted by Gasteiger charge is -2.45. The van der Waals surface area contributed by atoms with Gasteiger partial charge in [0.1, 0.15) is 5.82 Å². The van der Waals surface area contributed by atoms with Crippen molar-refractivity contribution in [1.29, 1.82) is 0 Å². The summed E-state index contributed by atoms with van der Waals surface area (Å²) in [6, 6.07) is 4.71. The summed E-state index contributed by atoms with van der Waals surface area (Å²) >= 11 is 0. The standard InChI is InChI=1S/C28H44FN3O4/c1-36-16-6-3-12-28(35,22-10-7-11-23(29)26(22)31-13-4-2-5-14-31)21-9-8-15-32(19-21)27(34)20-17-24(30)25(33)18-20/h7,10-11,20-21,24-25,33,35H,2-6,8-9,12-19,30H2,1H3/t20-,21?,24+,25-,28-/m0/s1. The van der Waals surface area contributed by atoms with E-state index in [4.69, 9.17) is 10.5 Å². The Bertz CT molecular complexity index is 870. The Labute approximate surface area is 214 Å². The Morgan fingerprint density at radius 2 is 1.94 bits per heavy atom. The van der Waals surface area contributed by atoms with Crippen LogP contribution in [0, 0.1) is 17.7 Å². The van der Waals surface area contributed by atoms with Gasteiger partial charge in [0.05, 0.1) is 17.4 Å². The molecule has 1 saturated carbocycles. The van der Waals surface area contributed by atoms with Crippen molar-refractivity contribution in [1.82, 2.24) is 4.90 Å². The second kappa shape index (κ2) is 12.2. The summed E-state index contributed by atoms with van der Waals surface area (Å²) in [5.74, 6) is -0.754. The number of nitrogens with zero attached hydrogens (tertiary/aromatic N) is 2. The minimum Gasteiger partial charge on any atom is -0.391 e. The van der Waals surface area contributed by atoms with E-state index in [-0.39, 0.29) is 29.6 Å². The molecule has 1 aromatic rings. The third-order valence-corrected chi connectivity index (χ3v) is 8.62. The third-order valence-electron chi connectivity index (χ3n) is 8.62. The summed E-state index contributed by atoms with van der Waals surface area (Å²) in [5, 5.41) is 22.5. The molecule has 1 amide bonds. The summed E-state index contributed by atoms with van der Waals surface area (Å²) in [5.41, 5.74) is 5.90. The fourth-order valence-electron chi connectivity index (χ4n) is 6.58. The molecule has 2 saturated heterocycles. The number of piperidine rings is 2. The van der Waals surface area contributed by atoms with Gasteiger partial charge in [0, 0.05) is 63.3 Å².